The van der Waals surface area contributed by atoms with E-state index in [1.165, 1.54) is 10.4 Å². The van der Waals surface area contributed by atoms with Gasteiger partial charge in [0, 0.05) is 50.9 Å². The van der Waals surface area contributed by atoms with E-state index in [2.05, 4.69) is 10.2 Å². The van der Waals surface area contributed by atoms with Gasteiger partial charge >= 0.3 is 0 Å². The minimum atomic E-state index is -3.60. The number of rotatable bonds is 4. The number of amides is 1. The maximum absolute atomic E-state index is 12.9. The first-order valence-corrected chi connectivity index (χ1v) is 9.69. The summed E-state index contributed by atoms with van der Waals surface area (Å²) in [5.74, 6) is -0.607. The van der Waals surface area contributed by atoms with Gasteiger partial charge in [-0.15, -0.1) is 12.4 Å². The molecule has 0 saturated carbocycles. The van der Waals surface area contributed by atoms with E-state index < -0.39 is 15.9 Å². The molecule has 3 N–H and O–H groups in total. The zero-order valence-electron chi connectivity index (χ0n) is 14.3. The van der Waals surface area contributed by atoms with Gasteiger partial charge in [0.25, 0.3) is 0 Å². The molecule has 7 nitrogen and oxygen atoms in total. The van der Waals surface area contributed by atoms with Crippen LogP contribution in [-0.2, 0) is 10.0 Å². The van der Waals surface area contributed by atoms with Crippen molar-refractivity contribution >= 4 is 28.3 Å². The Hall–Kier alpha value is -1.19. The molecule has 25 heavy (non-hydrogen) atoms. The maximum atomic E-state index is 12.9. The van der Waals surface area contributed by atoms with Crippen LogP contribution < -0.4 is 11.1 Å². The topological polar surface area (TPSA) is 95.7 Å². The molecule has 1 aromatic carbocycles. The summed E-state index contributed by atoms with van der Waals surface area (Å²) in [5.41, 5.74) is 6.28. The fourth-order valence-electron chi connectivity index (χ4n) is 3.45. The van der Waals surface area contributed by atoms with Gasteiger partial charge in [-0.3, -0.25) is 9.69 Å². The second-order valence-electron chi connectivity index (χ2n) is 6.43. The Bertz CT molecular complexity index is 735. The number of halogens is 1. The number of hydrogen-bond donors (Lipinski definition) is 2. The Morgan fingerprint density at radius 1 is 1.24 bits per heavy atom. The molecule has 0 aliphatic carbocycles. The predicted molar refractivity (Wildman–Crippen MR) is 98.6 cm³/mol. The molecule has 140 valence electrons. The van der Waals surface area contributed by atoms with E-state index in [0.717, 1.165) is 32.6 Å². The molecule has 2 heterocycles. The molecule has 1 amide bonds. The normalized spacial score (nSPS) is 22.5. The van der Waals surface area contributed by atoms with Crippen LogP contribution in [0.4, 0.5) is 0 Å². The summed E-state index contributed by atoms with van der Waals surface area (Å²) in [4.78, 5) is 14.0. The van der Waals surface area contributed by atoms with E-state index >= 15 is 0 Å². The van der Waals surface area contributed by atoms with Crippen molar-refractivity contribution in [3.05, 3.63) is 29.3 Å². The van der Waals surface area contributed by atoms with E-state index in [1.807, 2.05) is 0 Å². The van der Waals surface area contributed by atoms with Crippen molar-refractivity contribution in [2.75, 3.05) is 39.3 Å². The number of nitrogens with two attached hydrogens (primary N) is 1. The van der Waals surface area contributed by atoms with Crippen LogP contribution >= 0.6 is 12.4 Å². The molecule has 2 aliphatic rings. The van der Waals surface area contributed by atoms with E-state index in [9.17, 15) is 13.2 Å². The number of nitrogens with one attached hydrogen (secondary N) is 1. The zero-order chi connectivity index (χ0) is 17.3. The lowest BCUT2D eigenvalue weighted by molar-refractivity contribution is 0.0999. The average Bonchev–Trinajstić information content (AvgIpc) is 3.06. The molecule has 1 atom stereocenters. The second kappa shape index (κ2) is 8.01. The van der Waals surface area contributed by atoms with Crippen molar-refractivity contribution in [3.8, 4) is 0 Å². The van der Waals surface area contributed by atoms with Crippen molar-refractivity contribution < 1.29 is 13.2 Å². The first kappa shape index (κ1) is 20.1. The zero-order valence-corrected chi connectivity index (χ0v) is 15.9. The highest BCUT2D eigenvalue weighted by Gasteiger charge is 2.35. The third-order valence-electron chi connectivity index (χ3n) is 4.91. The standard InChI is InChI=1S/C16H24N4O3S.ClH/c1-12-2-3-14(10-15(12)16(17)21)24(22,23)20-7-4-13(11-20)19-8-5-18-6-9-19;/h2-3,10,13,18H,4-9,11H2,1H3,(H2,17,21);1H. The summed E-state index contributed by atoms with van der Waals surface area (Å²) in [5, 5.41) is 3.31. The minimum Gasteiger partial charge on any atom is -0.366 e. The number of sulfonamides is 1. The van der Waals surface area contributed by atoms with Gasteiger partial charge in [0.2, 0.25) is 15.9 Å². The Balaban J connectivity index is 0.00000225. The van der Waals surface area contributed by atoms with Crippen LogP contribution in [0.1, 0.15) is 22.3 Å². The Morgan fingerprint density at radius 3 is 2.56 bits per heavy atom. The highest BCUT2D eigenvalue weighted by atomic mass is 35.5. The van der Waals surface area contributed by atoms with Gasteiger partial charge in [0.1, 0.15) is 0 Å². The Labute approximate surface area is 155 Å². The fourth-order valence-corrected chi connectivity index (χ4v) is 4.97. The summed E-state index contributed by atoms with van der Waals surface area (Å²) >= 11 is 0. The molecule has 1 aromatic rings. The summed E-state index contributed by atoms with van der Waals surface area (Å²) in [7, 11) is -3.60. The van der Waals surface area contributed by atoms with Gasteiger partial charge in [-0.2, -0.15) is 4.31 Å². The van der Waals surface area contributed by atoms with Gasteiger partial charge in [-0.05, 0) is 31.0 Å². The molecule has 3 rings (SSSR count). The van der Waals surface area contributed by atoms with E-state index in [0.29, 0.717) is 18.7 Å². The molecule has 2 saturated heterocycles. The monoisotopic (exact) mass is 388 g/mol. The summed E-state index contributed by atoms with van der Waals surface area (Å²) in [6, 6.07) is 4.85. The lowest BCUT2D eigenvalue weighted by Gasteiger charge is -2.32. The van der Waals surface area contributed by atoms with Gasteiger partial charge in [0.05, 0.1) is 4.90 Å². The lowest BCUT2D eigenvalue weighted by atomic mass is 10.1. The van der Waals surface area contributed by atoms with Gasteiger partial charge in [-0.25, -0.2) is 8.42 Å². The Morgan fingerprint density at radius 2 is 1.92 bits per heavy atom. The summed E-state index contributed by atoms with van der Waals surface area (Å²) in [6.45, 7) is 6.56. The van der Waals surface area contributed by atoms with Crippen molar-refractivity contribution in [1.29, 1.82) is 0 Å². The molecule has 2 fully saturated rings. The smallest absolute Gasteiger partial charge is 0.249 e. The number of piperazine rings is 1. The van der Waals surface area contributed by atoms with Gasteiger partial charge in [0.15, 0.2) is 0 Å². The number of benzene rings is 1. The first-order chi connectivity index (χ1) is 11.4. The largest absolute Gasteiger partial charge is 0.366 e. The molecular formula is C16H25ClN4O3S. The molecule has 2 aliphatic heterocycles. The maximum Gasteiger partial charge on any atom is 0.249 e. The van der Waals surface area contributed by atoms with Crippen LogP contribution in [0.2, 0.25) is 0 Å². The molecule has 1 unspecified atom stereocenters. The molecular weight excluding hydrogens is 364 g/mol. The first-order valence-electron chi connectivity index (χ1n) is 8.25. The lowest BCUT2D eigenvalue weighted by Crippen LogP contribution is -2.49. The van der Waals surface area contributed by atoms with Crippen LogP contribution in [0.25, 0.3) is 0 Å². The third kappa shape index (κ3) is 4.15. The average molecular weight is 389 g/mol. The molecule has 0 spiro atoms. The van der Waals surface area contributed by atoms with E-state index in [4.69, 9.17) is 5.73 Å². The number of primary amides is 1. The van der Waals surface area contributed by atoms with Gasteiger partial charge in [-0.1, -0.05) is 6.07 Å². The van der Waals surface area contributed by atoms with Crippen molar-refractivity contribution in [1.82, 2.24) is 14.5 Å². The van der Waals surface area contributed by atoms with Gasteiger partial charge < -0.3 is 11.1 Å². The van der Waals surface area contributed by atoms with Crippen LogP contribution in [0.3, 0.4) is 0 Å². The van der Waals surface area contributed by atoms with Crippen molar-refractivity contribution in [2.45, 2.75) is 24.3 Å². The Kier molecular flexibility index (Phi) is 6.45. The molecule has 0 radical (unpaired) electrons. The number of carbonyl (C=O) groups excluding carboxylic acids is 1. The van der Waals surface area contributed by atoms with E-state index in [1.54, 1.807) is 19.1 Å². The van der Waals surface area contributed by atoms with Crippen molar-refractivity contribution in [2.24, 2.45) is 5.73 Å². The molecule has 9 heteroatoms. The fraction of sp³-hybridized carbons (Fsp3) is 0.562. The third-order valence-corrected chi connectivity index (χ3v) is 6.77. The second-order valence-corrected chi connectivity index (χ2v) is 8.37. The van der Waals surface area contributed by atoms with E-state index in [-0.39, 0.29) is 28.9 Å². The molecule has 0 bridgehead atoms. The minimum absolute atomic E-state index is 0. The molecule has 0 aromatic heterocycles. The van der Waals surface area contributed by atoms with Crippen molar-refractivity contribution in [3.63, 3.8) is 0 Å². The van der Waals surface area contributed by atoms with Crippen LogP contribution in [0, 0.1) is 6.92 Å². The SMILES string of the molecule is Cc1ccc(S(=O)(=O)N2CCC(N3CCNCC3)C2)cc1C(N)=O.Cl. The quantitative estimate of drug-likeness (QED) is 0.767. The summed E-state index contributed by atoms with van der Waals surface area (Å²) < 4.78 is 27.3. The number of hydrogen-bond acceptors (Lipinski definition) is 5. The van der Waals surface area contributed by atoms with Crippen LogP contribution in [0.5, 0.6) is 0 Å². The predicted octanol–water partition coefficient (Wildman–Crippen LogP) is 0.184. The highest BCUT2D eigenvalue weighted by Crippen LogP contribution is 2.25. The number of carbonyl (C=O) groups is 1. The number of aryl methyl sites for hydroxylation is 1. The summed E-state index contributed by atoms with van der Waals surface area (Å²) in [6.07, 6.45) is 0.841. The van der Waals surface area contributed by atoms with Crippen LogP contribution in [-0.4, -0.2) is 68.8 Å². The highest BCUT2D eigenvalue weighted by molar-refractivity contribution is 7.89. The number of nitrogens with zero attached hydrogens (tertiary/aromatic N) is 2. The van der Waals surface area contributed by atoms with Crippen LogP contribution in [0.15, 0.2) is 23.1 Å².